The monoisotopic (exact) mass is 211 g/mol. The molecule has 1 unspecified atom stereocenters. The first-order chi connectivity index (χ1) is 7.18. The van der Waals surface area contributed by atoms with Gasteiger partial charge in [0.1, 0.15) is 11.6 Å². The van der Waals surface area contributed by atoms with E-state index in [0.717, 1.165) is 19.4 Å². The molecular weight excluding hydrogens is 196 g/mol. The predicted octanol–water partition coefficient (Wildman–Crippen LogP) is 2.74. The molecular formula is C12H15F2N. The van der Waals surface area contributed by atoms with Crippen LogP contribution in [0.5, 0.6) is 0 Å². The minimum atomic E-state index is -0.402. The Hall–Kier alpha value is -0.960. The molecule has 82 valence electrons. The summed E-state index contributed by atoms with van der Waals surface area (Å²) < 4.78 is 27.3. The van der Waals surface area contributed by atoms with E-state index >= 15 is 0 Å². The van der Waals surface area contributed by atoms with E-state index in [9.17, 15) is 8.78 Å². The van der Waals surface area contributed by atoms with E-state index in [0.29, 0.717) is 12.1 Å². The first-order valence-electron chi connectivity index (χ1n) is 5.34. The number of aryl methyl sites for hydroxylation is 1. The molecule has 15 heavy (non-hydrogen) atoms. The lowest BCUT2D eigenvalue weighted by atomic mass is 9.90. The Labute approximate surface area is 88.5 Å². The summed E-state index contributed by atoms with van der Waals surface area (Å²) in [6.07, 6.45) is 1.85. The molecule has 1 saturated heterocycles. The van der Waals surface area contributed by atoms with Crippen LogP contribution in [0.25, 0.3) is 0 Å². The molecule has 0 amide bonds. The first kappa shape index (κ1) is 10.6. The molecule has 1 heterocycles. The maximum atomic E-state index is 13.6. The van der Waals surface area contributed by atoms with Crippen LogP contribution in [0.4, 0.5) is 8.78 Å². The molecule has 1 aliphatic heterocycles. The summed E-state index contributed by atoms with van der Waals surface area (Å²) >= 11 is 0. The van der Waals surface area contributed by atoms with Gasteiger partial charge in [0.05, 0.1) is 0 Å². The normalized spacial score (nSPS) is 21.7. The smallest absolute Gasteiger partial charge is 0.129 e. The molecule has 1 N–H and O–H groups in total. The highest BCUT2D eigenvalue weighted by Gasteiger charge is 2.22. The van der Waals surface area contributed by atoms with Gasteiger partial charge in [-0.1, -0.05) is 0 Å². The van der Waals surface area contributed by atoms with Gasteiger partial charge in [0.15, 0.2) is 0 Å². The van der Waals surface area contributed by atoms with Gasteiger partial charge in [0, 0.05) is 18.0 Å². The number of rotatable bonds is 1. The van der Waals surface area contributed by atoms with Crippen molar-refractivity contribution in [3.05, 3.63) is 34.9 Å². The largest absolute Gasteiger partial charge is 0.316 e. The van der Waals surface area contributed by atoms with Gasteiger partial charge in [-0.2, -0.15) is 0 Å². The number of benzene rings is 1. The van der Waals surface area contributed by atoms with Crippen LogP contribution in [0.3, 0.4) is 0 Å². The fraction of sp³-hybridized carbons (Fsp3) is 0.500. The summed E-state index contributed by atoms with van der Waals surface area (Å²) in [5, 5.41) is 3.17. The molecule has 2 rings (SSSR count). The van der Waals surface area contributed by atoms with Crippen molar-refractivity contribution in [2.75, 3.05) is 13.1 Å². The Bertz CT molecular complexity index is 334. The maximum Gasteiger partial charge on any atom is 0.129 e. The van der Waals surface area contributed by atoms with Crippen LogP contribution in [0, 0.1) is 18.6 Å². The average molecular weight is 211 g/mol. The Morgan fingerprint density at radius 3 is 2.47 bits per heavy atom. The average Bonchev–Trinajstić information content (AvgIpc) is 2.17. The van der Waals surface area contributed by atoms with E-state index in [-0.39, 0.29) is 11.5 Å². The van der Waals surface area contributed by atoms with E-state index in [1.807, 2.05) is 0 Å². The molecule has 0 saturated carbocycles. The van der Waals surface area contributed by atoms with Crippen molar-refractivity contribution in [1.82, 2.24) is 5.32 Å². The predicted molar refractivity (Wildman–Crippen MR) is 55.9 cm³/mol. The highest BCUT2D eigenvalue weighted by atomic mass is 19.1. The zero-order valence-electron chi connectivity index (χ0n) is 8.82. The molecule has 1 fully saturated rings. The summed E-state index contributed by atoms with van der Waals surface area (Å²) in [5.74, 6) is -0.818. The minimum absolute atomic E-state index is 0.0145. The lowest BCUT2D eigenvalue weighted by Crippen LogP contribution is -2.29. The lowest BCUT2D eigenvalue weighted by Gasteiger charge is -2.24. The number of halogens is 2. The van der Waals surface area contributed by atoms with Crippen molar-refractivity contribution >= 4 is 0 Å². The minimum Gasteiger partial charge on any atom is -0.316 e. The molecule has 0 aromatic heterocycles. The van der Waals surface area contributed by atoms with Crippen LogP contribution in [-0.4, -0.2) is 13.1 Å². The molecule has 1 atom stereocenters. The van der Waals surface area contributed by atoms with Crippen molar-refractivity contribution in [1.29, 1.82) is 0 Å². The summed E-state index contributed by atoms with van der Waals surface area (Å²) in [6, 6.07) is 2.82. The Morgan fingerprint density at radius 1 is 1.27 bits per heavy atom. The fourth-order valence-corrected chi connectivity index (χ4v) is 2.20. The summed E-state index contributed by atoms with van der Waals surface area (Å²) in [7, 11) is 0. The second kappa shape index (κ2) is 4.27. The van der Waals surface area contributed by atoms with Gasteiger partial charge < -0.3 is 5.32 Å². The second-order valence-corrected chi connectivity index (χ2v) is 4.19. The van der Waals surface area contributed by atoms with Gasteiger partial charge in [-0.25, -0.2) is 8.78 Å². The standard InChI is InChI=1S/C12H15F2N/c1-8-5-10(13)12(11(14)6-8)9-3-2-4-15-7-9/h5-6,9,15H,2-4,7H2,1H3. The van der Waals surface area contributed by atoms with Gasteiger partial charge in [0.25, 0.3) is 0 Å². The second-order valence-electron chi connectivity index (χ2n) is 4.19. The quantitative estimate of drug-likeness (QED) is 0.753. The van der Waals surface area contributed by atoms with Gasteiger partial charge >= 0.3 is 0 Å². The van der Waals surface area contributed by atoms with Crippen molar-refractivity contribution in [2.24, 2.45) is 0 Å². The van der Waals surface area contributed by atoms with Crippen LogP contribution in [0.2, 0.25) is 0 Å². The first-order valence-corrected chi connectivity index (χ1v) is 5.34. The van der Waals surface area contributed by atoms with Gasteiger partial charge in [-0.05, 0) is 44.0 Å². The number of hydrogen-bond acceptors (Lipinski definition) is 1. The van der Waals surface area contributed by atoms with Crippen LogP contribution in [0.15, 0.2) is 12.1 Å². The van der Waals surface area contributed by atoms with E-state index in [4.69, 9.17) is 0 Å². The Balaban J connectivity index is 2.33. The van der Waals surface area contributed by atoms with Gasteiger partial charge in [-0.3, -0.25) is 0 Å². The van der Waals surface area contributed by atoms with Crippen molar-refractivity contribution in [2.45, 2.75) is 25.7 Å². The molecule has 0 bridgehead atoms. The van der Waals surface area contributed by atoms with E-state index in [1.54, 1.807) is 6.92 Å². The summed E-state index contributed by atoms with van der Waals surface area (Å²) in [5.41, 5.74) is 0.894. The fourth-order valence-electron chi connectivity index (χ4n) is 2.20. The van der Waals surface area contributed by atoms with Gasteiger partial charge in [-0.15, -0.1) is 0 Å². The molecule has 3 heteroatoms. The summed E-state index contributed by atoms with van der Waals surface area (Å²) in [4.78, 5) is 0. The van der Waals surface area contributed by atoms with E-state index < -0.39 is 11.6 Å². The van der Waals surface area contributed by atoms with Crippen molar-refractivity contribution < 1.29 is 8.78 Å². The molecule has 0 radical (unpaired) electrons. The summed E-state index contributed by atoms with van der Waals surface area (Å²) in [6.45, 7) is 3.33. The maximum absolute atomic E-state index is 13.6. The van der Waals surface area contributed by atoms with Crippen molar-refractivity contribution in [3.63, 3.8) is 0 Å². The molecule has 1 nitrogen and oxygen atoms in total. The molecule has 1 aromatic carbocycles. The van der Waals surface area contributed by atoms with E-state index in [1.165, 1.54) is 12.1 Å². The molecule has 0 spiro atoms. The van der Waals surface area contributed by atoms with Crippen LogP contribution in [0.1, 0.15) is 29.9 Å². The zero-order chi connectivity index (χ0) is 10.8. The number of nitrogens with one attached hydrogen (secondary N) is 1. The Morgan fingerprint density at radius 2 is 1.93 bits per heavy atom. The highest BCUT2D eigenvalue weighted by molar-refractivity contribution is 5.29. The number of piperidine rings is 1. The van der Waals surface area contributed by atoms with Crippen LogP contribution < -0.4 is 5.32 Å². The zero-order valence-corrected chi connectivity index (χ0v) is 8.82. The highest BCUT2D eigenvalue weighted by Crippen LogP contribution is 2.28. The molecule has 1 aromatic rings. The number of hydrogen-bond donors (Lipinski definition) is 1. The van der Waals surface area contributed by atoms with Gasteiger partial charge in [0.2, 0.25) is 0 Å². The topological polar surface area (TPSA) is 12.0 Å². The third kappa shape index (κ3) is 2.17. The van der Waals surface area contributed by atoms with Crippen molar-refractivity contribution in [3.8, 4) is 0 Å². The Kier molecular flexibility index (Phi) is 3.00. The molecule has 0 aliphatic carbocycles. The SMILES string of the molecule is Cc1cc(F)c(C2CCCNC2)c(F)c1. The third-order valence-electron chi connectivity index (χ3n) is 2.93. The van der Waals surface area contributed by atoms with E-state index in [2.05, 4.69) is 5.32 Å². The van der Waals surface area contributed by atoms with Crippen LogP contribution >= 0.6 is 0 Å². The molecule has 1 aliphatic rings. The lowest BCUT2D eigenvalue weighted by molar-refractivity contribution is 0.428. The van der Waals surface area contributed by atoms with Crippen LogP contribution in [-0.2, 0) is 0 Å². The third-order valence-corrected chi connectivity index (χ3v) is 2.93.